The Balaban J connectivity index is 2.52. The van der Waals surface area contributed by atoms with Crippen LogP contribution in [0, 0.1) is 0 Å². The van der Waals surface area contributed by atoms with E-state index in [0.717, 1.165) is 31.0 Å². The van der Waals surface area contributed by atoms with E-state index in [4.69, 9.17) is 0 Å². The second-order valence-corrected chi connectivity index (χ2v) is 4.34. The highest BCUT2D eigenvalue weighted by Gasteiger charge is 2.09. The van der Waals surface area contributed by atoms with Gasteiger partial charge in [-0.25, -0.2) is 4.98 Å². The molecule has 0 radical (unpaired) electrons. The first kappa shape index (κ1) is 15.4. The molecule has 2 N–H and O–H groups in total. The number of amides is 1. The molecule has 0 fully saturated rings. The summed E-state index contributed by atoms with van der Waals surface area (Å²) < 4.78 is 0. The summed E-state index contributed by atoms with van der Waals surface area (Å²) >= 11 is 0. The minimum atomic E-state index is 0.0709. The standard InChI is InChI=1S/C14H24N4O/c1-4-15-13-8-7-12(9-17-13)10-18(6-3)11-14(19)16-5-2/h7-9H,4-6,10-11H2,1-3H3,(H,15,17)(H,16,19). The molecule has 0 saturated heterocycles. The largest absolute Gasteiger partial charge is 0.370 e. The van der Waals surface area contributed by atoms with Gasteiger partial charge >= 0.3 is 0 Å². The van der Waals surface area contributed by atoms with Crippen molar-refractivity contribution in [2.75, 3.05) is 31.5 Å². The third kappa shape index (κ3) is 5.70. The molecule has 0 spiro atoms. The van der Waals surface area contributed by atoms with Crippen molar-refractivity contribution in [3.05, 3.63) is 23.9 Å². The zero-order chi connectivity index (χ0) is 14.1. The SMILES string of the molecule is CCNC(=O)CN(CC)Cc1ccc(NCC)nc1. The molecule has 0 saturated carbocycles. The van der Waals surface area contributed by atoms with E-state index in [9.17, 15) is 4.79 Å². The molecule has 5 heteroatoms. The molecule has 1 rings (SSSR count). The normalized spacial score (nSPS) is 10.5. The maximum atomic E-state index is 11.6. The number of pyridine rings is 1. The van der Waals surface area contributed by atoms with Crippen molar-refractivity contribution in [2.45, 2.75) is 27.3 Å². The number of nitrogens with zero attached hydrogens (tertiary/aromatic N) is 2. The monoisotopic (exact) mass is 264 g/mol. The van der Waals surface area contributed by atoms with Gasteiger partial charge in [-0.15, -0.1) is 0 Å². The molecule has 0 unspecified atom stereocenters. The highest BCUT2D eigenvalue weighted by molar-refractivity contribution is 5.77. The van der Waals surface area contributed by atoms with Crippen LogP contribution in [0.2, 0.25) is 0 Å². The smallest absolute Gasteiger partial charge is 0.234 e. The summed E-state index contributed by atoms with van der Waals surface area (Å²) in [6.45, 7) is 9.58. The van der Waals surface area contributed by atoms with Gasteiger partial charge in [-0.1, -0.05) is 13.0 Å². The second kappa shape index (κ2) is 8.48. The Morgan fingerprint density at radius 2 is 2.05 bits per heavy atom. The highest BCUT2D eigenvalue weighted by atomic mass is 16.2. The van der Waals surface area contributed by atoms with Gasteiger partial charge in [0.25, 0.3) is 0 Å². The molecular formula is C14H24N4O. The van der Waals surface area contributed by atoms with Crippen LogP contribution in [-0.2, 0) is 11.3 Å². The van der Waals surface area contributed by atoms with Crippen molar-refractivity contribution in [3.63, 3.8) is 0 Å². The minimum Gasteiger partial charge on any atom is -0.370 e. The fourth-order valence-electron chi connectivity index (χ4n) is 1.80. The minimum absolute atomic E-state index is 0.0709. The van der Waals surface area contributed by atoms with Crippen LogP contribution in [0.3, 0.4) is 0 Å². The summed E-state index contributed by atoms with van der Waals surface area (Å²) in [4.78, 5) is 18.0. The maximum Gasteiger partial charge on any atom is 0.234 e. The molecule has 5 nitrogen and oxygen atoms in total. The topological polar surface area (TPSA) is 57.3 Å². The summed E-state index contributed by atoms with van der Waals surface area (Å²) in [6, 6.07) is 4.02. The van der Waals surface area contributed by atoms with Crippen LogP contribution in [0.25, 0.3) is 0 Å². The third-order valence-electron chi connectivity index (χ3n) is 2.78. The van der Waals surface area contributed by atoms with Crippen molar-refractivity contribution < 1.29 is 4.79 Å². The van der Waals surface area contributed by atoms with E-state index < -0.39 is 0 Å². The van der Waals surface area contributed by atoms with Gasteiger partial charge in [0.1, 0.15) is 5.82 Å². The maximum absolute atomic E-state index is 11.6. The van der Waals surface area contributed by atoms with Gasteiger partial charge in [0.05, 0.1) is 6.54 Å². The summed E-state index contributed by atoms with van der Waals surface area (Å²) in [6.07, 6.45) is 1.86. The summed E-state index contributed by atoms with van der Waals surface area (Å²) in [5.74, 6) is 0.958. The van der Waals surface area contributed by atoms with Gasteiger partial charge in [-0.3, -0.25) is 9.69 Å². The number of rotatable bonds is 8. The first-order chi connectivity index (χ1) is 9.19. The number of carbonyl (C=O) groups is 1. The van der Waals surface area contributed by atoms with Gasteiger partial charge in [0.15, 0.2) is 0 Å². The Bertz CT molecular complexity index is 378. The van der Waals surface area contributed by atoms with Crippen molar-refractivity contribution in [2.24, 2.45) is 0 Å². The number of anilines is 1. The highest BCUT2D eigenvalue weighted by Crippen LogP contribution is 2.07. The third-order valence-corrected chi connectivity index (χ3v) is 2.78. The molecule has 0 aliphatic rings. The first-order valence-electron chi connectivity index (χ1n) is 6.87. The number of likely N-dealkylation sites (N-methyl/N-ethyl adjacent to an activating group) is 2. The molecule has 1 aromatic heterocycles. The predicted molar refractivity (Wildman–Crippen MR) is 78.0 cm³/mol. The molecule has 0 aromatic carbocycles. The van der Waals surface area contributed by atoms with E-state index in [1.165, 1.54) is 0 Å². The number of hydrogen-bond donors (Lipinski definition) is 2. The molecule has 1 heterocycles. The van der Waals surface area contributed by atoms with Gasteiger partial charge < -0.3 is 10.6 Å². The molecule has 0 atom stereocenters. The zero-order valence-electron chi connectivity index (χ0n) is 12.1. The Labute approximate surface area is 115 Å². The quantitative estimate of drug-likeness (QED) is 0.746. The zero-order valence-corrected chi connectivity index (χ0v) is 12.1. The second-order valence-electron chi connectivity index (χ2n) is 4.34. The van der Waals surface area contributed by atoms with Crippen molar-refractivity contribution >= 4 is 11.7 Å². The number of hydrogen-bond acceptors (Lipinski definition) is 4. The molecule has 1 aromatic rings. The molecular weight excluding hydrogens is 240 g/mol. The van der Waals surface area contributed by atoms with Crippen LogP contribution in [0.5, 0.6) is 0 Å². The Morgan fingerprint density at radius 3 is 2.58 bits per heavy atom. The lowest BCUT2D eigenvalue weighted by Crippen LogP contribution is -2.36. The van der Waals surface area contributed by atoms with E-state index >= 15 is 0 Å². The van der Waals surface area contributed by atoms with Crippen LogP contribution in [0.1, 0.15) is 26.3 Å². The van der Waals surface area contributed by atoms with E-state index in [2.05, 4.69) is 27.4 Å². The van der Waals surface area contributed by atoms with Crippen molar-refractivity contribution in [3.8, 4) is 0 Å². The number of carbonyl (C=O) groups excluding carboxylic acids is 1. The van der Waals surface area contributed by atoms with Crippen LogP contribution in [0.15, 0.2) is 18.3 Å². The molecule has 0 aliphatic carbocycles. The molecule has 106 valence electrons. The summed E-state index contributed by atoms with van der Waals surface area (Å²) in [5.41, 5.74) is 1.12. The molecule has 0 bridgehead atoms. The lowest BCUT2D eigenvalue weighted by molar-refractivity contribution is -0.122. The summed E-state index contributed by atoms with van der Waals surface area (Å²) in [7, 11) is 0. The molecule has 1 amide bonds. The van der Waals surface area contributed by atoms with Gasteiger partial charge in [0, 0.05) is 25.8 Å². The summed E-state index contributed by atoms with van der Waals surface area (Å²) in [5, 5.41) is 5.98. The number of aromatic nitrogens is 1. The van der Waals surface area contributed by atoms with Crippen LogP contribution >= 0.6 is 0 Å². The molecule has 19 heavy (non-hydrogen) atoms. The lowest BCUT2D eigenvalue weighted by atomic mass is 10.2. The lowest BCUT2D eigenvalue weighted by Gasteiger charge is -2.19. The predicted octanol–water partition coefficient (Wildman–Crippen LogP) is 1.47. The average molecular weight is 264 g/mol. The van der Waals surface area contributed by atoms with E-state index in [-0.39, 0.29) is 5.91 Å². The first-order valence-corrected chi connectivity index (χ1v) is 6.87. The number of nitrogens with one attached hydrogen (secondary N) is 2. The molecule has 0 aliphatic heterocycles. The Morgan fingerprint density at radius 1 is 1.26 bits per heavy atom. The Hall–Kier alpha value is -1.62. The van der Waals surface area contributed by atoms with Crippen molar-refractivity contribution in [1.29, 1.82) is 0 Å². The average Bonchev–Trinajstić information content (AvgIpc) is 2.40. The van der Waals surface area contributed by atoms with E-state index in [1.807, 2.05) is 32.2 Å². The van der Waals surface area contributed by atoms with E-state index in [0.29, 0.717) is 13.1 Å². The van der Waals surface area contributed by atoms with Crippen molar-refractivity contribution in [1.82, 2.24) is 15.2 Å². The van der Waals surface area contributed by atoms with Crippen LogP contribution in [-0.4, -0.2) is 42.0 Å². The van der Waals surface area contributed by atoms with Gasteiger partial charge in [-0.2, -0.15) is 0 Å². The fraction of sp³-hybridized carbons (Fsp3) is 0.571. The van der Waals surface area contributed by atoms with E-state index in [1.54, 1.807) is 0 Å². The van der Waals surface area contributed by atoms with Gasteiger partial charge in [-0.05, 0) is 32.0 Å². The fourth-order valence-corrected chi connectivity index (χ4v) is 1.80. The Kier molecular flexibility index (Phi) is 6.89. The van der Waals surface area contributed by atoms with Gasteiger partial charge in [0.2, 0.25) is 5.91 Å². The van der Waals surface area contributed by atoms with Crippen LogP contribution < -0.4 is 10.6 Å². The van der Waals surface area contributed by atoms with Crippen LogP contribution in [0.4, 0.5) is 5.82 Å².